The Morgan fingerprint density at radius 1 is 0.838 bits per heavy atom. The quantitative estimate of drug-likeness (QED) is 0.216. The van der Waals surface area contributed by atoms with E-state index in [2.05, 4.69) is 60.7 Å². The number of rotatable bonds is 11. The predicted octanol–water partition coefficient (Wildman–Crippen LogP) is 6.04. The second-order valence-electron chi connectivity index (χ2n) is 9.73. The van der Waals surface area contributed by atoms with Crippen LogP contribution in [0.25, 0.3) is 10.9 Å². The Bertz CT molecular complexity index is 1300. The summed E-state index contributed by atoms with van der Waals surface area (Å²) in [5.74, 6) is 2.60. The highest BCUT2D eigenvalue weighted by molar-refractivity contribution is 5.88. The molecular weight excluding hydrogens is 466 g/mol. The molecule has 37 heavy (non-hydrogen) atoms. The number of fused-ring (bicyclic) bond motifs is 1. The molecule has 3 N–H and O–H groups in total. The van der Waals surface area contributed by atoms with E-state index < -0.39 is 0 Å². The summed E-state index contributed by atoms with van der Waals surface area (Å²) in [7, 11) is 1.60. The van der Waals surface area contributed by atoms with Gasteiger partial charge in [0, 0.05) is 42.1 Å². The van der Waals surface area contributed by atoms with Crippen molar-refractivity contribution in [1.29, 1.82) is 0 Å². The molecule has 0 aliphatic carbocycles. The van der Waals surface area contributed by atoms with Crippen LogP contribution >= 0.6 is 0 Å². The van der Waals surface area contributed by atoms with Crippen molar-refractivity contribution in [3.05, 3.63) is 78.5 Å². The van der Waals surface area contributed by atoms with Gasteiger partial charge in [-0.2, -0.15) is 0 Å². The number of aliphatic hydroxyl groups excluding tert-OH is 1. The molecule has 7 nitrogen and oxygen atoms in total. The lowest BCUT2D eigenvalue weighted by Crippen LogP contribution is -2.24. The Morgan fingerprint density at radius 3 is 2.19 bits per heavy atom. The van der Waals surface area contributed by atoms with Gasteiger partial charge in [-0.25, -0.2) is 0 Å². The third-order valence-electron chi connectivity index (χ3n) is 5.93. The zero-order valence-corrected chi connectivity index (χ0v) is 21.9. The first-order valence-electron chi connectivity index (χ1n) is 12.4. The Hall–Kier alpha value is -3.81. The van der Waals surface area contributed by atoms with Gasteiger partial charge in [0.2, 0.25) is 0 Å². The Morgan fingerprint density at radius 2 is 1.54 bits per heavy atom. The summed E-state index contributed by atoms with van der Waals surface area (Å²) in [6.45, 7) is 8.30. The summed E-state index contributed by atoms with van der Waals surface area (Å²) in [6, 6.07) is 22.0. The first-order valence-corrected chi connectivity index (χ1v) is 12.4. The molecule has 0 radical (unpaired) electrons. The van der Waals surface area contributed by atoms with Crippen molar-refractivity contribution < 1.29 is 19.3 Å². The van der Waals surface area contributed by atoms with E-state index >= 15 is 0 Å². The maximum Gasteiger partial charge on any atom is 0.162 e. The van der Waals surface area contributed by atoms with Crippen molar-refractivity contribution in [2.45, 2.75) is 26.2 Å². The summed E-state index contributed by atoms with van der Waals surface area (Å²) < 4.78 is 17.7. The van der Waals surface area contributed by atoms with Crippen LogP contribution in [0, 0.1) is 0 Å². The second-order valence-corrected chi connectivity index (χ2v) is 9.73. The molecule has 0 amide bonds. The molecule has 4 rings (SSSR count). The normalized spacial score (nSPS) is 11.4. The molecule has 0 fully saturated rings. The fourth-order valence-electron chi connectivity index (χ4n) is 3.88. The first-order chi connectivity index (χ1) is 17.9. The second kappa shape index (κ2) is 12.0. The van der Waals surface area contributed by atoms with E-state index in [1.807, 2.05) is 42.5 Å². The number of pyridine rings is 1. The number of hydrogen-bond donors (Lipinski definition) is 3. The minimum atomic E-state index is 0.0905. The smallest absolute Gasteiger partial charge is 0.162 e. The lowest BCUT2D eigenvalue weighted by molar-refractivity contribution is 0.269. The molecule has 1 aromatic heterocycles. The summed E-state index contributed by atoms with van der Waals surface area (Å²) in [5.41, 5.74) is 4.19. The monoisotopic (exact) mass is 501 g/mol. The van der Waals surface area contributed by atoms with Crippen molar-refractivity contribution >= 4 is 22.3 Å². The van der Waals surface area contributed by atoms with E-state index in [0.29, 0.717) is 42.7 Å². The lowest BCUT2D eigenvalue weighted by atomic mass is 9.87. The van der Waals surface area contributed by atoms with E-state index in [4.69, 9.17) is 19.3 Å². The molecule has 0 spiro atoms. The van der Waals surface area contributed by atoms with Gasteiger partial charge in [0.25, 0.3) is 0 Å². The number of aliphatic hydroxyl groups is 1. The van der Waals surface area contributed by atoms with Crippen LogP contribution in [-0.4, -0.2) is 43.5 Å². The van der Waals surface area contributed by atoms with Gasteiger partial charge in [-0.1, -0.05) is 32.9 Å². The molecule has 0 saturated carbocycles. The Kier molecular flexibility index (Phi) is 8.48. The van der Waals surface area contributed by atoms with Crippen LogP contribution in [0.3, 0.4) is 0 Å². The number of nitrogens with one attached hydrogen (secondary N) is 2. The SMILES string of the molecule is COc1cc2nccc(Oc3ccc(Nc4ccc(C(C)(C)C)cc4)cc3)c2cc1OCCNCCO. The van der Waals surface area contributed by atoms with Gasteiger partial charge in [0.05, 0.1) is 19.2 Å². The molecule has 1 heterocycles. The Balaban J connectivity index is 1.47. The largest absolute Gasteiger partial charge is 0.493 e. The number of aromatic nitrogens is 1. The number of methoxy groups -OCH3 is 1. The van der Waals surface area contributed by atoms with Crippen molar-refractivity contribution in [1.82, 2.24) is 10.3 Å². The first kappa shape index (κ1) is 26.3. The molecule has 0 bridgehead atoms. The molecule has 0 unspecified atom stereocenters. The molecule has 0 aliphatic rings. The number of ether oxygens (including phenoxy) is 3. The minimum Gasteiger partial charge on any atom is -0.493 e. The average Bonchev–Trinajstić information content (AvgIpc) is 2.89. The summed E-state index contributed by atoms with van der Waals surface area (Å²) in [4.78, 5) is 4.47. The average molecular weight is 502 g/mol. The van der Waals surface area contributed by atoms with Crippen LogP contribution in [0.2, 0.25) is 0 Å². The van der Waals surface area contributed by atoms with Crippen molar-refractivity contribution in [2.24, 2.45) is 0 Å². The molecule has 0 aliphatic heterocycles. The maximum atomic E-state index is 8.90. The molecule has 0 saturated heterocycles. The topological polar surface area (TPSA) is 84.9 Å². The number of nitrogens with zero attached hydrogens (tertiary/aromatic N) is 1. The zero-order chi connectivity index (χ0) is 26.3. The predicted molar refractivity (Wildman–Crippen MR) is 149 cm³/mol. The highest BCUT2D eigenvalue weighted by Gasteiger charge is 2.14. The zero-order valence-electron chi connectivity index (χ0n) is 21.9. The van der Waals surface area contributed by atoms with E-state index in [0.717, 1.165) is 22.3 Å². The highest BCUT2D eigenvalue weighted by atomic mass is 16.5. The van der Waals surface area contributed by atoms with Crippen LogP contribution in [-0.2, 0) is 5.41 Å². The third-order valence-corrected chi connectivity index (χ3v) is 5.93. The van der Waals surface area contributed by atoms with E-state index in [-0.39, 0.29) is 12.0 Å². The maximum absolute atomic E-state index is 8.90. The van der Waals surface area contributed by atoms with Gasteiger partial charge in [-0.3, -0.25) is 4.98 Å². The molecule has 3 aromatic carbocycles. The van der Waals surface area contributed by atoms with Gasteiger partial charge in [-0.05, 0) is 59.5 Å². The third kappa shape index (κ3) is 6.90. The van der Waals surface area contributed by atoms with Gasteiger partial charge < -0.3 is 30.0 Å². The standard InChI is InChI=1S/C30H35N3O4/c1-30(2,3)21-5-7-22(8-6-21)33-23-9-11-24(12-10-23)37-27-13-14-32-26-20-28(35-4)29(19-25(26)27)36-18-16-31-15-17-34/h5-14,19-20,31,33-34H,15-18H2,1-4H3. The van der Waals surface area contributed by atoms with Gasteiger partial charge >= 0.3 is 0 Å². The van der Waals surface area contributed by atoms with Crippen molar-refractivity contribution in [3.63, 3.8) is 0 Å². The summed E-state index contributed by atoms with van der Waals surface area (Å²) in [6.07, 6.45) is 1.72. The van der Waals surface area contributed by atoms with Crippen LogP contribution in [0.15, 0.2) is 72.9 Å². The minimum absolute atomic E-state index is 0.0905. The van der Waals surface area contributed by atoms with Gasteiger partial charge in [-0.15, -0.1) is 0 Å². The van der Waals surface area contributed by atoms with Crippen LogP contribution in [0.4, 0.5) is 11.4 Å². The Labute approximate surface area is 218 Å². The molecule has 194 valence electrons. The number of anilines is 2. The lowest BCUT2D eigenvalue weighted by Gasteiger charge is -2.19. The van der Waals surface area contributed by atoms with Crippen LogP contribution in [0.5, 0.6) is 23.0 Å². The fraction of sp³-hybridized carbons (Fsp3) is 0.300. The number of hydrogen-bond acceptors (Lipinski definition) is 7. The van der Waals surface area contributed by atoms with E-state index in [1.54, 1.807) is 13.3 Å². The van der Waals surface area contributed by atoms with Crippen molar-refractivity contribution in [2.75, 3.05) is 38.7 Å². The molecule has 4 aromatic rings. The molecular formula is C30H35N3O4. The van der Waals surface area contributed by atoms with Crippen LogP contribution < -0.4 is 24.8 Å². The summed E-state index contributed by atoms with van der Waals surface area (Å²) >= 11 is 0. The summed E-state index contributed by atoms with van der Waals surface area (Å²) in [5, 5.41) is 16.3. The van der Waals surface area contributed by atoms with Gasteiger partial charge in [0.15, 0.2) is 11.5 Å². The highest BCUT2D eigenvalue weighted by Crippen LogP contribution is 2.37. The van der Waals surface area contributed by atoms with E-state index in [9.17, 15) is 0 Å². The molecule has 0 atom stereocenters. The van der Waals surface area contributed by atoms with Crippen molar-refractivity contribution in [3.8, 4) is 23.0 Å². The molecule has 7 heteroatoms. The fourth-order valence-corrected chi connectivity index (χ4v) is 3.88. The van der Waals surface area contributed by atoms with Crippen LogP contribution in [0.1, 0.15) is 26.3 Å². The van der Waals surface area contributed by atoms with Gasteiger partial charge in [0.1, 0.15) is 18.1 Å². The number of benzene rings is 3. The van der Waals surface area contributed by atoms with E-state index in [1.165, 1.54) is 5.56 Å².